The zero-order chi connectivity index (χ0) is 18.6. The number of amides is 1. The Labute approximate surface area is 154 Å². The van der Waals surface area contributed by atoms with E-state index in [0.717, 1.165) is 5.56 Å². The van der Waals surface area contributed by atoms with Crippen molar-refractivity contribution in [2.45, 2.75) is 0 Å². The molecule has 0 radical (unpaired) electrons. The van der Waals surface area contributed by atoms with Gasteiger partial charge in [0.25, 0.3) is 0 Å². The highest BCUT2D eigenvalue weighted by Gasteiger charge is 2.11. The summed E-state index contributed by atoms with van der Waals surface area (Å²) in [5, 5.41) is 2.64. The number of aromatic nitrogens is 2. The molecule has 3 aromatic rings. The molecule has 0 bridgehead atoms. The molecule has 1 aromatic heterocycles. The summed E-state index contributed by atoms with van der Waals surface area (Å²) in [5.74, 6) is 0.526. The van der Waals surface area contributed by atoms with Crippen LogP contribution in [0, 0.1) is 5.82 Å². The normalized spacial score (nSPS) is 12.9. The Hall–Kier alpha value is -3.61. The van der Waals surface area contributed by atoms with Gasteiger partial charge in [-0.3, -0.25) is 4.79 Å². The molecule has 0 saturated heterocycles. The molecule has 27 heavy (non-hydrogen) atoms. The highest BCUT2D eigenvalue weighted by Crippen LogP contribution is 2.31. The minimum absolute atomic E-state index is 0.359. The molecule has 1 amide bonds. The molecule has 6 nitrogen and oxygen atoms in total. The predicted octanol–water partition coefficient (Wildman–Crippen LogP) is 3.43. The molecular formula is C20H16FN3O3. The number of fused-ring (bicyclic) bond motifs is 1. The quantitative estimate of drug-likeness (QED) is 0.720. The van der Waals surface area contributed by atoms with E-state index in [1.165, 1.54) is 18.5 Å². The number of nitrogens with zero attached hydrogens (tertiary/aromatic N) is 2. The van der Waals surface area contributed by atoms with Gasteiger partial charge >= 0.3 is 0 Å². The number of benzene rings is 2. The van der Waals surface area contributed by atoms with Gasteiger partial charge in [-0.2, -0.15) is 0 Å². The maximum atomic E-state index is 14.2. The third-order valence-corrected chi connectivity index (χ3v) is 3.99. The van der Waals surface area contributed by atoms with Crippen LogP contribution in [0.25, 0.3) is 11.8 Å². The molecule has 0 unspecified atom stereocenters. The molecule has 7 heteroatoms. The van der Waals surface area contributed by atoms with Crippen LogP contribution in [-0.2, 0) is 4.79 Å². The van der Waals surface area contributed by atoms with Crippen molar-refractivity contribution in [2.75, 3.05) is 18.5 Å². The molecule has 1 aliphatic rings. The molecular weight excluding hydrogens is 349 g/mol. The smallest absolute Gasteiger partial charge is 0.248 e. The van der Waals surface area contributed by atoms with Crippen molar-refractivity contribution in [3.63, 3.8) is 0 Å². The summed E-state index contributed by atoms with van der Waals surface area (Å²) < 4.78 is 26.8. The monoisotopic (exact) mass is 365 g/mol. The van der Waals surface area contributed by atoms with Crippen molar-refractivity contribution in [1.82, 2.24) is 9.55 Å². The summed E-state index contributed by atoms with van der Waals surface area (Å²) in [5.41, 5.74) is 1.53. The summed E-state index contributed by atoms with van der Waals surface area (Å²) in [6.07, 6.45) is 7.76. The van der Waals surface area contributed by atoms with Crippen molar-refractivity contribution in [1.29, 1.82) is 0 Å². The third kappa shape index (κ3) is 3.82. The largest absolute Gasteiger partial charge is 0.486 e. The Kier molecular flexibility index (Phi) is 4.57. The van der Waals surface area contributed by atoms with Gasteiger partial charge in [0.15, 0.2) is 11.5 Å². The van der Waals surface area contributed by atoms with Crippen LogP contribution in [0.1, 0.15) is 5.56 Å². The van der Waals surface area contributed by atoms with E-state index in [2.05, 4.69) is 10.3 Å². The number of carbonyl (C=O) groups is 1. The summed E-state index contributed by atoms with van der Waals surface area (Å²) >= 11 is 0. The first-order valence-electron chi connectivity index (χ1n) is 8.36. The maximum absolute atomic E-state index is 14.2. The first-order chi connectivity index (χ1) is 13.2. The fraction of sp³-hybridized carbons (Fsp3) is 0.100. The first-order valence-corrected chi connectivity index (χ1v) is 8.36. The van der Waals surface area contributed by atoms with E-state index in [1.54, 1.807) is 47.3 Å². The lowest BCUT2D eigenvalue weighted by Crippen LogP contribution is -2.15. The van der Waals surface area contributed by atoms with Gasteiger partial charge in [-0.05, 0) is 42.0 Å². The second-order valence-electron chi connectivity index (χ2n) is 5.86. The summed E-state index contributed by atoms with van der Waals surface area (Å²) in [7, 11) is 0. The Morgan fingerprint density at radius 1 is 1.15 bits per heavy atom. The van der Waals surface area contributed by atoms with Crippen LogP contribution < -0.4 is 14.8 Å². The van der Waals surface area contributed by atoms with Gasteiger partial charge in [0, 0.05) is 24.2 Å². The lowest BCUT2D eigenvalue weighted by Gasteiger charge is -2.18. The van der Waals surface area contributed by atoms with Crippen molar-refractivity contribution >= 4 is 17.7 Å². The Morgan fingerprint density at radius 2 is 2.00 bits per heavy atom. The number of anilines is 1. The fourth-order valence-electron chi connectivity index (χ4n) is 2.72. The summed E-state index contributed by atoms with van der Waals surface area (Å²) in [6, 6.07) is 9.92. The molecule has 4 rings (SSSR count). The van der Waals surface area contributed by atoms with Crippen LogP contribution in [0.3, 0.4) is 0 Å². The molecule has 0 atom stereocenters. The number of carbonyl (C=O) groups excluding carboxylic acids is 1. The van der Waals surface area contributed by atoms with E-state index >= 15 is 0 Å². The minimum atomic E-state index is -0.457. The molecule has 0 fully saturated rings. The van der Waals surface area contributed by atoms with E-state index in [0.29, 0.717) is 36.1 Å². The van der Waals surface area contributed by atoms with Crippen LogP contribution in [0.5, 0.6) is 11.5 Å². The summed E-state index contributed by atoms with van der Waals surface area (Å²) in [6.45, 7) is 1.03. The Morgan fingerprint density at radius 3 is 2.78 bits per heavy atom. The number of imidazole rings is 1. The highest BCUT2D eigenvalue weighted by molar-refractivity contribution is 6.02. The molecule has 2 heterocycles. The second kappa shape index (κ2) is 7.33. The van der Waals surface area contributed by atoms with Crippen LogP contribution in [-0.4, -0.2) is 28.7 Å². The lowest BCUT2D eigenvalue weighted by molar-refractivity contribution is -0.111. The fourth-order valence-corrected chi connectivity index (χ4v) is 2.72. The minimum Gasteiger partial charge on any atom is -0.486 e. The second-order valence-corrected chi connectivity index (χ2v) is 5.86. The Bertz CT molecular complexity index is 1000. The van der Waals surface area contributed by atoms with Crippen molar-refractivity contribution in [2.24, 2.45) is 0 Å². The van der Waals surface area contributed by atoms with Gasteiger partial charge in [0.2, 0.25) is 5.91 Å². The number of rotatable bonds is 4. The average molecular weight is 365 g/mol. The number of halogens is 1. The van der Waals surface area contributed by atoms with Crippen LogP contribution in [0.15, 0.2) is 61.2 Å². The van der Waals surface area contributed by atoms with Gasteiger partial charge in [-0.1, -0.05) is 6.07 Å². The van der Waals surface area contributed by atoms with Gasteiger partial charge in [-0.15, -0.1) is 0 Å². The standard InChI is InChI=1S/C20H16FN3O3/c21-16-12-15(3-4-17(16)24-8-7-22-13-24)23-20(25)6-2-14-1-5-18-19(11-14)27-10-9-26-18/h1-8,11-13H,9-10H2,(H,23,25)/b6-2+. The van der Waals surface area contributed by atoms with Crippen LogP contribution in [0.4, 0.5) is 10.1 Å². The zero-order valence-corrected chi connectivity index (χ0v) is 14.3. The van der Waals surface area contributed by atoms with E-state index in [-0.39, 0.29) is 5.91 Å². The lowest BCUT2D eigenvalue weighted by atomic mass is 10.2. The Balaban J connectivity index is 1.43. The average Bonchev–Trinajstić information content (AvgIpc) is 3.21. The molecule has 136 valence electrons. The molecule has 1 N–H and O–H groups in total. The van der Waals surface area contributed by atoms with E-state index in [1.807, 2.05) is 6.07 Å². The molecule has 0 aliphatic carbocycles. The molecule has 0 saturated carbocycles. The van der Waals surface area contributed by atoms with Crippen LogP contribution >= 0.6 is 0 Å². The number of hydrogen-bond acceptors (Lipinski definition) is 4. The molecule has 1 aliphatic heterocycles. The van der Waals surface area contributed by atoms with Crippen molar-refractivity contribution < 1.29 is 18.7 Å². The van der Waals surface area contributed by atoms with E-state index in [4.69, 9.17) is 9.47 Å². The maximum Gasteiger partial charge on any atom is 0.248 e. The SMILES string of the molecule is O=C(/C=C/c1ccc2c(c1)OCCO2)Nc1ccc(-n2ccnc2)c(F)c1. The topological polar surface area (TPSA) is 65.4 Å². The van der Waals surface area contributed by atoms with E-state index in [9.17, 15) is 9.18 Å². The van der Waals surface area contributed by atoms with E-state index < -0.39 is 5.82 Å². The third-order valence-electron chi connectivity index (χ3n) is 3.99. The molecule has 2 aromatic carbocycles. The van der Waals surface area contributed by atoms with Crippen LogP contribution in [0.2, 0.25) is 0 Å². The highest BCUT2D eigenvalue weighted by atomic mass is 19.1. The van der Waals surface area contributed by atoms with Gasteiger partial charge in [-0.25, -0.2) is 9.37 Å². The number of ether oxygens (including phenoxy) is 2. The first kappa shape index (κ1) is 16.8. The van der Waals surface area contributed by atoms with Gasteiger partial charge in [0.05, 0.1) is 12.0 Å². The van der Waals surface area contributed by atoms with Crippen molar-refractivity contribution in [3.8, 4) is 17.2 Å². The van der Waals surface area contributed by atoms with Gasteiger partial charge < -0.3 is 19.4 Å². The number of nitrogens with one attached hydrogen (secondary N) is 1. The van der Waals surface area contributed by atoms with Crippen molar-refractivity contribution in [3.05, 3.63) is 72.6 Å². The molecule has 0 spiro atoms. The number of hydrogen-bond donors (Lipinski definition) is 1. The predicted molar refractivity (Wildman–Crippen MR) is 98.6 cm³/mol. The summed E-state index contributed by atoms with van der Waals surface area (Å²) in [4.78, 5) is 16.0. The van der Waals surface area contributed by atoms with Gasteiger partial charge in [0.1, 0.15) is 19.0 Å². The zero-order valence-electron chi connectivity index (χ0n) is 14.3.